The zero-order valence-electron chi connectivity index (χ0n) is 75.6. The predicted octanol–water partition coefficient (Wildman–Crippen LogP) is 7.20. The number of carbonyl (C=O) groups excluding carboxylic acids is 10. The first kappa shape index (κ1) is 116. The summed E-state index contributed by atoms with van der Waals surface area (Å²) in [6.07, 6.45) is 15.6. The van der Waals surface area contributed by atoms with Crippen LogP contribution >= 0.6 is 0 Å². The molecule has 13 N–H and O–H groups in total. The van der Waals surface area contributed by atoms with E-state index >= 15 is 0 Å². The Kier molecular flexibility index (Phi) is 68.5. The number of carboxylic acids is 6. The monoisotopic (exact) mass is 1850 g/mol. The summed E-state index contributed by atoms with van der Waals surface area (Å²) in [5.41, 5.74) is 0.399. The molecule has 0 fully saturated rings. The minimum absolute atomic E-state index is 0.0202. The molecular formula is C91H143N7O32. The number of rotatable bonds is 90. The molecule has 2 aromatic rings. The van der Waals surface area contributed by atoms with Gasteiger partial charge in [-0.3, -0.25) is 57.5 Å². The number of Topliss-reactive ketones (excluding diaryl/α,β-unsaturated/α-hetero) is 4. The van der Waals surface area contributed by atoms with E-state index < -0.39 is 84.0 Å². The van der Waals surface area contributed by atoms with Crippen molar-refractivity contribution in [3.05, 3.63) is 59.7 Å². The number of likely N-dealkylation sites (N-methyl/N-ethyl adjacent to an activating group) is 1. The van der Waals surface area contributed by atoms with Gasteiger partial charge in [-0.15, -0.1) is 0 Å². The second kappa shape index (κ2) is 76.7. The first-order valence-electron chi connectivity index (χ1n) is 45.5. The Morgan fingerprint density at radius 1 is 0.285 bits per heavy atom. The lowest BCUT2D eigenvalue weighted by molar-refractivity contribution is -0.144. The van der Waals surface area contributed by atoms with E-state index in [0.717, 1.165) is 77.0 Å². The quantitative estimate of drug-likeness (QED) is 0.0291. The van der Waals surface area contributed by atoms with Crippen LogP contribution in [0.3, 0.4) is 0 Å². The molecule has 0 aliphatic rings. The van der Waals surface area contributed by atoms with Gasteiger partial charge in [-0.05, 0) is 152 Å². The second-order valence-corrected chi connectivity index (χ2v) is 31.3. The highest BCUT2D eigenvalue weighted by atomic mass is 16.5. The summed E-state index contributed by atoms with van der Waals surface area (Å²) in [6.45, 7) is 3.05. The van der Waals surface area contributed by atoms with E-state index in [9.17, 15) is 92.0 Å². The van der Waals surface area contributed by atoms with E-state index in [-0.39, 0.29) is 267 Å². The third-order valence-corrected chi connectivity index (χ3v) is 20.5. The molecule has 0 heterocycles. The third kappa shape index (κ3) is 64.7. The fraction of sp³-hybridized carbons (Fsp3) is 0.692. The molecule has 2 rings (SSSR count). The molecule has 130 heavy (non-hydrogen) atoms. The zero-order valence-corrected chi connectivity index (χ0v) is 75.6. The minimum atomic E-state index is -1.48. The predicted molar refractivity (Wildman–Crippen MR) is 472 cm³/mol. The Morgan fingerprint density at radius 3 is 1.15 bits per heavy atom. The first-order valence-corrected chi connectivity index (χ1v) is 45.5. The van der Waals surface area contributed by atoms with E-state index in [1.54, 1.807) is 31.3 Å². The molecule has 0 aliphatic heterocycles. The summed E-state index contributed by atoms with van der Waals surface area (Å²) >= 11 is 0. The van der Waals surface area contributed by atoms with Gasteiger partial charge in [0.25, 0.3) is 0 Å². The Bertz CT molecular complexity index is 3590. The molecule has 0 aliphatic carbocycles. The molecule has 0 unspecified atom stereocenters. The number of ether oxygens (including phenoxy) is 10. The van der Waals surface area contributed by atoms with Crippen LogP contribution in [-0.2, 0) is 105 Å². The van der Waals surface area contributed by atoms with Crippen LogP contribution in [0.25, 0.3) is 0 Å². The fourth-order valence-electron chi connectivity index (χ4n) is 13.1. The largest absolute Gasteiger partial charge is 0.494 e. The molecule has 39 heteroatoms. The SMILES string of the molecule is CN[C@@H](CCCCNC(=O)COCCOCCCC(=O)COCCOCCNC(=O)CC[C@H](CC(=O)CCCCCCCCCOc1ccc(C(=O)O)cc1)C(=O)O)C(=O)CC[C@@H](CCCCNC(=O)COCCOCCNC(=O)COCCOCCCC(=O)CC[C@H](NC(=O)CCCCCCCCCOc1ccc(C(=O)O)cc1)C(=O)O)C(=O)N[C@@H](CCC(=O)O)C(=O)O. The van der Waals surface area contributed by atoms with Crippen LogP contribution in [0, 0.1) is 11.8 Å². The molecule has 5 atom stereocenters. The summed E-state index contributed by atoms with van der Waals surface area (Å²) in [6, 6.07) is 9.28. The number of benzene rings is 2. The van der Waals surface area contributed by atoms with Gasteiger partial charge < -0.3 is 115 Å². The maximum absolute atomic E-state index is 13.5. The standard InChI is InChI=1S/C91H143N7O32/c1-92-76(26-15-17-45-94-83(106)64-126-59-55-122-49-21-25-73(101)63-125-58-56-123-52-46-95-80(103)42-33-70(89(115)116)62-72(100)23-12-8-4-2-6-10-18-50-129-74-35-28-68(29-36-74)87(111)112)79(102)41-32-67(86(110)98-78(91(119)120)40-43-85(108)109)22-14-16-44-93-82(105)65-128-61-57-124-53-47-96-84(107)66-127-60-54-121-48-20-24-71(99)34-39-77(90(117)118)97-81(104)27-13-9-5-3-7-11-19-51-130-75-37-30-69(31-38-75)88(113)114/h28-31,35-38,67,70,76-78,92H,2-27,32-34,39-66H2,1H3,(H,93,105)(H,94,106)(H,95,103)(H,96,107)(H,97,104)(H,98,110)(H,108,109)(H,111,112)(H,113,114)(H,115,116)(H,117,118)(H,119,120)/t67-,70-,76+,77+,78+/m1/s1. The molecule has 0 bridgehead atoms. The van der Waals surface area contributed by atoms with Gasteiger partial charge in [-0.25, -0.2) is 19.2 Å². The normalized spacial score (nSPS) is 12.3. The van der Waals surface area contributed by atoms with Gasteiger partial charge in [-0.1, -0.05) is 70.6 Å². The molecule has 0 aromatic heterocycles. The highest BCUT2D eigenvalue weighted by molar-refractivity contribution is 5.90. The Balaban J connectivity index is 1.47. The third-order valence-electron chi connectivity index (χ3n) is 20.5. The van der Waals surface area contributed by atoms with Crippen molar-refractivity contribution in [2.45, 2.75) is 243 Å². The van der Waals surface area contributed by atoms with E-state index in [0.29, 0.717) is 89.0 Å². The number of aromatic carboxylic acids is 2. The molecule has 0 spiro atoms. The Hall–Kier alpha value is -10.00. The number of aliphatic carboxylic acids is 4. The van der Waals surface area contributed by atoms with Gasteiger partial charge in [0.1, 0.15) is 67.4 Å². The van der Waals surface area contributed by atoms with E-state index in [2.05, 4.69) is 37.2 Å². The average molecular weight is 1850 g/mol. The van der Waals surface area contributed by atoms with Gasteiger partial charge in [-0.2, -0.15) is 0 Å². The van der Waals surface area contributed by atoms with Crippen molar-refractivity contribution in [2.24, 2.45) is 11.8 Å². The highest BCUT2D eigenvalue weighted by Gasteiger charge is 2.29. The molecule has 2 aromatic carbocycles. The maximum Gasteiger partial charge on any atom is 0.335 e. The molecular weight excluding hydrogens is 1700 g/mol. The van der Waals surface area contributed by atoms with E-state index in [1.165, 1.54) is 24.3 Å². The van der Waals surface area contributed by atoms with Crippen LogP contribution in [0.5, 0.6) is 11.5 Å². The highest BCUT2D eigenvalue weighted by Crippen LogP contribution is 2.22. The summed E-state index contributed by atoms with van der Waals surface area (Å²) < 4.78 is 54.8. The van der Waals surface area contributed by atoms with Crippen LogP contribution in [0.1, 0.15) is 245 Å². The molecule has 0 saturated heterocycles. The molecule has 39 nitrogen and oxygen atoms in total. The smallest absolute Gasteiger partial charge is 0.335 e. The van der Waals surface area contributed by atoms with Gasteiger partial charge in [0.05, 0.1) is 102 Å². The summed E-state index contributed by atoms with van der Waals surface area (Å²) in [5.74, 6) is -10.7. The van der Waals surface area contributed by atoms with Gasteiger partial charge in [0.2, 0.25) is 35.4 Å². The number of unbranched alkanes of at least 4 members (excludes halogenated alkanes) is 14. The van der Waals surface area contributed by atoms with E-state index in [4.69, 9.17) is 62.7 Å². The number of ketones is 4. The second-order valence-electron chi connectivity index (χ2n) is 31.3. The lowest BCUT2D eigenvalue weighted by Crippen LogP contribution is -2.44. The van der Waals surface area contributed by atoms with Crippen molar-refractivity contribution in [2.75, 3.05) is 152 Å². The Labute approximate surface area is 761 Å². The van der Waals surface area contributed by atoms with Crippen molar-refractivity contribution in [3.8, 4) is 11.5 Å². The maximum atomic E-state index is 13.5. The summed E-state index contributed by atoms with van der Waals surface area (Å²) in [5, 5.41) is 74.9. The molecule has 0 saturated carbocycles. The van der Waals surface area contributed by atoms with Crippen molar-refractivity contribution in [1.29, 1.82) is 0 Å². The Morgan fingerprint density at radius 2 is 0.685 bits per heavy atom. The number of carbonyl (C=O) groups is 16. The van der Waals surface area contributed by atoms with Crippen LogP contribution < -0.4 is 46.7 Å². The molecule has 734 valence electrons. The lowest BCUT2D eigenvalue weighted by atomic mass is 9.91. The lowest BCUT2D eigenvalue weighted by Gasteiger charge is -2.21. The van der Waals surface area contributed by atoms with Crippen LogP contribution in [-0.4, -0.2) is 295 Å². The first-order chi connectivity index (χ1) is 62.7. The van der Waals surface area contributed by atoms with Crippen LogP contribution in [0.15, 0.2) is 48.5 Å². The van der Waals surface area contributed by atoms with E-state index in [1.807, 2.05) is 0 Å². The van der Waals surface area contributed by atoms with Crippen molar-refractivity contribution < 1.29 is 155 Å². The van der Waals surface area contributed by atoms with Gasteiger partial charge in [0, 0.05) is 103 Å². The summed E-state index contributed by atoms with van der Waals surface area (Å²) in [4.78, 5) is 195. The minimum Gasteiger partial charge on any atom is -0.494 e. The van der Waals surface area contributed by atoms with Crippen LogP contribution in [0.4, 0.5) is 0 Å². The number of hydrogen-bond acceptors (Lipinski definition) is 27. The van der Waals surface area contributed by atoms with Gasteiger partial charge >= 0.3 is 35.8 Å². The molecule has 6 amide bonds. The average Bonchev–Trinajstić information content (AvgIpc) is 0.722. The number of carboxylic acid groups (broad SMARTS) is 6. The van der Waals surface area contributed by atoms with Crippen molar-refractivity contribution in [3.63, 3.8) is 0 Å². The zero-order chi connectivity index (χ0) is 95.4. The van der Waals surface area contributed by atoms with Crippen molar-refractivity contribution >= 4 is 94.4 Å². The van der Waals surface area contributed by atoms with Crippen LogP contribution in [0.2, 0.25) is 0 Å². The van der Waals surface area contributed by atoms with Crippen molar-refractivity contribution in [1.82, 2.24) is 37.2 Å². The topological polar surface area (TPSA) is 571 Å². The number of hydrogen-bond donors (Lipinski definition) is 13. The fourth-order valence-corrected chi connectivity index (χ4v) is 13.1. The number of nitrogens with one attached hydrogen (secondary N) is 7. The summed E-state index contributed by atoms with van der Waals surface area (Å²) in [7, 11) is 1.62. The number of amides is 6. The van der Waals surface area contributed by atoms with Gasteiger partial charge in [0.15, 0.2) is 5.78 Å². The molecule has 0 radical (unpaired) electrons.